The molecular formula is C16H20FNS2. The molecule has 1 N–H and O–H groups in total. The fourth-order valence-corrected chi connectivity index (χ4v) is 3.86. The summed E-state index contributed by atoms with van der Waals surface area (Å²) in [5, 5.41) is 5.69. The van der Waals surface area contributed by atoms with Gasteiger partial charge in [0.2, 0.25) is 0 Å². The molecule has 1 heterocycles. The highest BCUT2D eigenvalue weighted by atomic mass is 32.2. The molecule has 2 rings (SSSR count). The Morgan fingerprint density at radius 1 is 1.30 bits per heavy atom. The second-order valence-electron chi connectivity index (χ2n) is 4.68. The van der Waals surface area contributed by atoms with Gasteiger partial charge in [-0.25, -0.2) is 4.39 Å². The fraction of sp³-hybridized carbons (Fsp3) is 0.375. The lowest BCUT2D eigenvalue weighted by Gasteiger charge is -2.18. The molecule has 2 aromatic rings. The largest absolute Gasteiger partial charge is 0.309 e. The minimum Gasteiger partial charge on any atom is -0.309 e. The molecule has 0 radical (unpaired) electrons. The van der Waals surface area contributed by atoms with Gasteiger partial charge in [0.1, 0.15) is 5.82 Å². The van der Waals surface area contributed by atoms with E-state index >= 15 is 0 Å². The van der Waals surface area contributed by atoms with Gasteiger partial charge in [-0.1, -0.05) is 19.1 Å². The molecule has 4 heteroatoms. The summed E-state index contributed by atoms with van der Waals surface area (Å²) in [4.78, 5) is 2.07. The average molecular weight is 309 g/mol. The normalized spacial score (nSPS) is 12.6. The second-order valence-corrected chi connectivity index (χ2v) is 6.86. The zero-order valence-corrected chi connectivity index (χ0v) is 13.5. The van der Waals surface area contributed by atoms with Crippen LogP contribution in [0.15, 0.2) is 40.6 Å². The lowest BCUT2D eigenvalue weighted by atomic mass is 10.1. The summed E-state index contributed by atoms with van der Waals surface area (Å²) < 4.78 is 13.7. The number of halogens is 1. The third-order valence-corrected chi connectivity index (χ3v) is 5.16. The molecule has 0 saturated carbocycles. The van der Waals surface area contributed by atoms with Crippen LogP contribution in [0.1, 0.15) is 29.8 Å². The highest BCUT2D eigenvalue weighted by molar-refractivity contribution is 7.99. The predicted molar refractivity (Wildman–Crippen MR) is 87.2 cm³/mol. The first-order valence-electron chi connectivity index (χ1n) is 6.87. The van der Waals surface area contributed by atoms with Crippen LogP contribution in [0.5, 0.6) is 0 Å². The third-order valence-electron chi connectivity index (χ3n) is 3.16. The molecule has 0 aliphatic carbocycles. The van der Waals surface area contributed by atoms with Crippen molar-refractivity contribution >= 4 is 23.1 Å². The standard InChI is InChI=1S/C16H20FNS2/c1-3-9-18-15(13-8-10-19-12(13)2)11-20-16-7-5-4-6-14(16)17/h4-8,10,15,18H,3,9,11H2,1-2H3. The van der Waals surface area contributed by atoms with Crippen molar-refractivity contribution in [2.45, 2.75) is 31.2 Å². The number of rotatable bonds is 7. The van der Waals surface area contributed by atoms with Gasteiger partial charge in [0.25, 0.3) is 0 Å². The predicted octanol–water partition coefficient (Wildman–Crippen LogP) is 5.03. The van der Waals surface area contributed by atoms with Crippen LogP contribution in [0.2, 0.25) is 0 Å². The van der Waals surface area contributed by atoms with Gasteiger partial charge in [-0.2, -0.15) is 0 Å². The van der Waals surface area contributed by atoms with E-state index < -0.39 is 0 Å². The minimum absolute atomic E-state index is 0.131. The van der Waals surface area contributed by atoms with E-state index in [4.69, 9.17) is 0 Å². The molecule has 0 fully saturated rings. The maximum atomic E-state index is 13.7. The molecule has 1 nitrogen and oxygen atoms in total. The summed E-state index contributed by atoms with van der Waals surface area (Å²) in [5.74, 6) is 0.715. The average Bonchev–Trinajstić information content (AvgIpc) is 2.87. The van der Waals surface area contributed by atoms with Crippen molar-refractivity contribution in [3.63, 3.8) is 0 Å². The zero-order valence-electron chi connectivity index (χ0n) is 11.9. The van der Waals surface area contributed by atoms with E-state index in [2.05, 4.69) is 30.6 Å². The Morgan fingerprint density at radius 3 is 2.75 bits per heavy atom. The van der Waals surface area contributed by atoms with Crippen LogP contribution in [0.25, 0.3) is 0 Å². The number of thioether (sulfide) groups is 1. The number of thiophene rings is 1. The van der Waals surface area contributed by atoms with Gasteiger partial charge >= 0.3 is 0 Å². The Kier molecular flexibility index (Phi) is 6.07. The van der Waals surface area contributed by atoms with Crippen molar-refractivity contribution < 1.29 is 4.39 Å². The second kappa shape index (κ2) is 7.81. The molecule has 1 aromatic heterocycles. The Bertz CT molecular complexity index is 539. The highest BCUT2D eigenvalue weighted by Gasteiger charge is 2.15. The molecule has 1 unspecified atom stereocenters. The summed E-state index contributed by atoms with van der Waals surface area (Å²) in [6.45, 7) is 5.29. The smallest absolute Gasteiger partial charge is 0.136 e. The van der Waals surface area contributed by atoms with Crippen molar-refractivity contribution in [1.29, 1.82) is 0 Å². The Hall–Kier alpha value is -0.840. The van der Waals surface area contributed by atoms with Crippen molar-refractivity contribution in [3.05, 3.63) is 52.0 Å². The van der Waals surface area contributed by atoms with Gasteiger partial charge in [-0.3, -0.25) is 0 Å². The van der Waals surface area contributed by atoms with E-state index in [1.165, 1.54) is 16.5 Å². The van der Waals surface area contributed by atoms with Crippen LogP contribution in [-0.4, -0.2) is 12.3 Å². The molecule has 1 aromatic carbocycles. The van der Waals surface area contributed by atoms with Gasteiger partial charge in [-0.15, -0.1) is 23.1 Å². The molecule has 20 heavy (non-hydrogen) atoms. The first-order valence-corrected chi connectivity index (χ1v) is 8.73. The van der Waals surface area contributed by atoms with E-state index in [1.807, 2.05) is 12.1 Å². The molecule has 0 saturated heterocycles. The first kappa shape index (κ1) is 15.5. The van der Waals surface area contributed by atoms with E-state index in [0.717, 1.165) is 23.6 Å². The number of benzene rings is 1. The van der Waals surface area contributed by atoms with Crippen LogP contribution in [0.4, 0.5) is 4.39 Å². The van der Waals surface area contributed by atoms with Crippen molar-refractivity contribution in [2.75, 3.05) is 12.3 Å². The van der Waals surface area contributed by atoms with Crippen molar-refractivity contribution in [1.82, 2.24) is 5.32 Å². The molecule has 1 atom stereocenters. The Balaban J connectivity index is 2.05. The van der Waals surface area contributed by atoms with E-state index in [0.29, 0.717) is 0 Å². The van der Waals surface area contributed by atoms with Gasteiger partial charge < -0.3 is 5.32 Å². The van der Waals surface area contributed by atoms with E-state index in [9.17, 15) is 4.39 Å². The maximum Gasteiger partial charge on any atom is 0.136 e. The molecular weight excluding hydrogens is 289 g/mol. The first-order chi connectivity index (χ1) is 9.72. The number of hydrogen-bond donors (Lipinski definition) is 1. The topological polar surface area (TPSA) is 12.0 Å². The zero-order chi connectivity index (χ0) is 14.4. The SMILES string of the molecule is CCCNC(CSc1ccccc1F)c1ccsc1C. The summed E-state index contributed by atoms with van der Waals surface area (Å²) >= 11 is 3.35. The number of hydrogen-bond acceptors (Lipinski definition) is 3. The van der Waals surface area contributed by atoms with Crippen molar-refractivity contribution in [3.8, 4) is 0 Å². The quantitative estimate of drug-likeness (QED) is 0.720. The van der Waals surface area contributed by atoms with Crippen molar-refractivity contribution in [2.24, 2.45) is 0 Å². The summed E-state index contributed by atoms with van der Waals surface area (Å²) in [5.41, 5.74) is 1.34. The Labute approximate surface area is 128 Å². The van der Waals surface area contributed by atoms with Gasteiger partial charge in [0.15, 0.2) is 0 Å². The van der Waals surface area contributed by atoms with Crippen LogP contribution in [0, 0.1) is 12.7 Å². The molecule has 0 bridgehead atoms. The molecule has 0 aliphatic heterocycles. The summed E-state index contributed by atoms with van der Waals surface area (Å²) in [6, 6.07) is 9.44. The highest BCUT2D eigenvalue weighted by Crippen LogP contribution is 2.29. The number of aryl methyl sites for hydroxylation is 1. The summed E-state index contributed by atoms with van der Waals surface area (Å²) in [6.07, 6.45) is 1.10. The lowest BCUT2D eigenvalue weighted by Crippen LogP contribution is -2.24. The van der Waals surface area contributed by atoms with Crippen LogP contribution in [-0.2, 0) is 0 Å². The van der Waals surface area contributed by atoms with Gasteiger partial charge in [0, 0.05) is 21.6 Å². The van der Waals surface area contributed by atoms with Gasteiger partial charge in [0.05, 0.1) is 0 Å². The third kappa shape index (κ3) is 4.08. The lowest BCUT2D eigenvalue weighted by molar-refractivity contribution is 0.575. The molecule has 0 spiro atoms. The molecule has 108 valence electrons. The number of nitrogens with one attached hydrogen (secondary N) is 1. The van der Waals surface area contributed by atoms with Crippen LogP contribution >= 0.6 is 23.1 Å². The van der Waals surface area contributed by atoms with Crippen LogP contribution in [0.3, 0.4) is 0 Å². The van der Waals surface area contributed by atoms with Gasteiger partial charge in [-0.05, 0) is 49.0 Å². The van der Waals surface area contributed by atoms with Crippen LogP contribution < -0.4 is 5.32 Å². The fourth-order valence-electron chi connectivity index (χ4n) is 2.07. The molecule has 0 amide bonds. The monoisotopic (exact) mass is 309 g/mol. The maximum absolute atomic E-state index is 13.7. The minimum atomic E-state index is -0.131. The Morgan fingerprint density at radius 2 is 2.10 bits per heavy atom. The van der Waals surface area contributed by atoms with E-state index in [1.54, 1.807) is 29.2 Å². The van der Waals surface area contributed by atoms with E-state index in [-0.39, 0.29) is 11.9 Å². The molecule has 0 aliphatic rings. The summed E-state index contributed by atoms with van der Waals surface area (Å²) in [7, 11) is 0.